The van der Waals surface area contributed by atoms with Gasteiger partial charge >= 0.3 is 0 Å². The van der Waals surface area contributed by atoms with Crippen LogP contribution in [0.5, 0.6) is 0 Å². The zero-order valence-electron chi connectivity index (χ0n) is 9.29. The van der Waals surface area contributed by atoms with Crippen molar-refractivity contribution >= 4 is 16.9 Å². The molecule has 2 nitrogen and oxygen atoms in total. The number of carbonyl (C=O) groups excluding carboxylic acids is 1. The summed E-state index contributed by atoms with van der Waals surface area (Å²) in [5.41, 5.74) is 0.738. The maximum atomic E-state index is 13.0. The average molecular weight is 247 g/mol. The Morgan fingerprint density at radius 2 is 2.12 bits per heavy atom. The Balaban J connectivity index is 2.63. The summed E-state index contributed by atoms with van der Waals surface area (Å²) in [6.45, 7) is 1.50. The molecule has 0 aliphatic heterocycles. The molecule has 1 aromatic carbocycles. The van der Waals surface area contributed by atoms with Crippen molar-refractivity contribution in [2.45, 2.75) is 13.3 Å². The second-order valence-corrected chi connectivity index (χ2v) is 4.50. The number of rotatable bonds is 2. The van der Waals surface area contributed by atoms with Gasteiger partial charge in [0.05, 0.1) is 11.6 Å². The first kappa shape index (κ1) is 13.3. The minimum Gasteiger partial charge on any atom is -0.288 e. The lowest BCUT2D eigenvalue weighted by molar-refractivity contribution is -0.109. The summed E-state index contributed by atoms with van der Waals surface area (Å²) in [7, 11) is 0. The molecule has 1 rings (SSSR count). The third kappa shape index (κ3) is 5.19. The summed E-state index contributed by atoms with van der Waals surface area (Å²) in [5, 5.41) is 8.71. The molecule has 0 N–H and O–H groups in total. The molecule has 1 aromatic rings. The zero-order valence-corrected chi connectivity index (χ0v) is 10.1. The normalized spacial score (nSPS) is 9.00. The second kappa shape index (κ2) is 6.73. The Bertz CT molecular complexity index is 522. The van der Waals surface area contributed by atoms with Crippen molar-refractivity contribution in [3.05, 3.63) is 35.1 Å². The van der Waals surface area contributed by atoms with Crippen LogP contribution in [-0.2, 0) is 4.79 Å². The molecule has 0 bridgehead atoms. The second-order valence-electron chi connectivity index (χ2n) is 3.23. The Morgan fingerprint density at radius 1 is 1.41 bits per heavy atom. The minimum absolute atomic E-state index is 0.0596. The highest BCUT2D eigenvalue weighted by Gasteiger charge is 1.97. The highest BCUT2D eigenvalue weighted by molar-refractivity contribution is 8.13. The highest BCUT2D eigenvalue weighted by atomic mass is 32.2. The molecule has 0 saturated heterocycles. The number of hydrogen-bond donors (Lipinski definition) is 0. The fourth-order valence-electron chi connectivity index (χ4n) is 1.14. The van der Waals surface area contributed by atoms with E-state index in [1.807, 2.05) is 6.07 Å². The fourth-order valence-corrected chi connectivity index (χ4v) is 1.63. The van der Waals surface area contributed by atoms with E-state index in [0.29, 0.717) is 17.7 Å². The van der Waals surface area contributed by atoms with E-state index in [0.717, 1.165) is 6.07 Å². The molecule has 0 fully saturated rings. The molecule has 17 heavy (non-hydrogen) atoms. The number of halogens is 1. The molecule has 0 aliphatic carbocycles. The topological polar surface area (TPSA) is 40.9 Å². The first-order valence-corrected chi connectivity index (χ1v) is 5.93. The smallest absolute Gasteiger partial charge is 0.185 e. The summed E-state index contributed by atoms with van der Waals surface area (Å²) in [6.07, 6.45) is 0.558. The van der Waals surface area contributed by atoms with Crippen LogP contribution in [0, 0.1) is 29.0 Å². The molecular weight excluding hydrogens is 237 g/mol. The van der Waals surface area contributed by atoms with E-state index in [1.54, 1.807) is 0 Å². The van der Waals surface area contributed by atoms with Crippen molar-refractivity contribution in [1.82, 2.24) is 0 Å². The van der Waals surface area contributed by atoms with E-state index < -0.39 is 5.82 Å². The Hall–Kier alpha value is -1.78. The SMILES string of the molecule is CC(=O)SCCC#Cc1cc(F)cc(C#N)c1. The third-order valence-corrected chi connectivity index (χ3v) is 2.61. The number of nitrogens with zero attached hydrogens (tertiary/aromatic N) is 1. The van der Waals surface area contributed by atoms with Crippen molar-refractivity contribution in [2.75, 3.05) is 5.75 Å². The van der Waals surface area contributed by atoms with E-state index in [4.69, 9.17) is 5.26 Å². The number of thioether (sulfide) groups is 1. The van der Waals surface area contributed by atoms with Crippen LogP contribution in [0.2, 0.25) is 0 Å². The minimum atomic E-state index is -0.466. The lowest BCUT2D eigenvalue weighted by Crippen LogP contribution is -1.85. The maximum absolute atomic E-state index is 13.0. The zero-order chi connectivity index (χ0) is 12.7. The average Bonchev–Trinajstić information content (AvgIpc) is 2.27. The Morgan fingerprint density at radius 3 is 2.76 bits per heavy atom. The van der Waals surface area contributed by atoms with Crippen LogP contribution >= 0.6 is 11.8 Å². The van der Waals surface area contributed by atoms with Crippen LogP contribution in [0.3, 0.4) is 0 Å². The maximum Gasteiger partial charge on any atom is 0.185 e. The molecule has 0 atom stereocenters. The molecule has 0 aromatic heterocycles. The van der Waals surface area contributed by atoms with E-state index in [1.165, 1.54) is 30.8 Å². The van der Waals surface area contributed by atoms with Crippen molar-refractivity contribution in [3.8, 4) is 17.9 Å². The fraction of sp³-hybridized carbons (Fsp3) is 0.231. The first-order chi connectivity index (χ1) is 8.11. The van der Waals surface area contributed by atoms with Crippen LogP contribution in [0.25, 0.3) is 0 Å². The standard InChI is InChI=1S/C13H10FNOS/c1-10(16)17-5-3-2-4-11-6-12(9-15)8-13(14)7-11/h6-8H,3,5H2,1H3. The molecule has 0 spiro atoms. The predicted octanol–water partition coefficient (Wildman–Crippen LogP) is 2.72. The van der Waals surface area contributed by atoms with Gasteiger partial charge in [-0.1, -0.05) is 23.6 Å². The summed E-state index contributed by atoms with van der Waals surface area (Å²) < 4.78 is 13.0. The van der Waals surface area contributed by atoms with Crippen molar-refractivity contribution < 1.29 is 9.18 Å². The Labute approximate surface area is 104 Å². The van der Waals surface area contributed by atoms with Crippen molar-refractivity contribution in [1.29, 1.82) is 5.26 Å². The van der Waals surface area contributed by atoms with E-state index >= 15 is 0 Å². The molecule has 0 saturated carbocycles. The third-order valence-electron chi connectivity index (χ3n) is 1.79. The van der Waals surface area contributed by atoms with Gasteiger partial charge in [0.15, 0.2) is 5.12 Å². The van der Waals surface area contributed by atoms with Crippen molar-refractivity contribution in [3.63, 3.8) is 0 Å². The van der Waals surface area contributed by atoms with Gasteiger partial charge in [0, 0.05) is 24.7 Å². The Kier molecular flexibility index (Phi) is 5.26. The summed E-state index contributed by atoms with van der Waals surface area (Å²) in [4.78, 5) is 10.6. The van der Waals surface area contributed by atoms with E-state index in [2.05, 4.69) is 11.8 Å². The highest BCUT2D eigenvalue weighted by Crippen LogP contribution is 2.07. The molecule has 0 amide bonds. The van der Waals surface area contributed by atoms with Crippen LogP contribution in [-0.4, -0.2) is 10.9 Å². The predicted molar refractivity (Wildman–Crippen MR) is 65.7 cm³/mol. The van der Waals surface area contributed by atoms with Crippen molar-refractivity contribution in [2.24, 2.45) is 0 Å². The molecule has 4 heteroatoms. The lowest BCUT2D eigenvalue weighted by atomic mass is 10.1. The van der Waals surface area contributed by atoms with Crippen LogP contribution < -0.4 is 0 Å². The van der Waals surface area contributed by atoms with Gasteiger partial charge in [0.25, 0.3) is 0 Å². The molecule has 86 valence electrons. The number of nitriles is 1. The molecule has 0 aliphatic rings. The van der Waals surface area contributed by atoms with Crippen LogP contribution in [0.1, 0.15) is 24.5 Å². The van der Waals surface area contributed by atoms with Gasteiger partial charge in [-0.3, -0.25) is 4.79 Å². The largest absolute Gasteiger partial charge is 0.288 e. The van der Waals surface area contributed by atoms with Gasteiger partial charge in [-0.2, -0.15) is 5.26 Å². The monoisotopic (exact) mass is 247 g/mol. The molecule has 0 heterocycles. The molecular formula is C13H10FNOS. The van der Waals surface area contributed by atoms with Gasteiger partial charge in [0.1, 0.15) is 5.82 Å². The number of carbonyl (C=O) groups is 1. The van der Waals surface area contributed by atoms with Gasteiger partial charge in [-0.15, -0.1) is 0 Å². The quantitative estimate of drug-likeness (QED) is 0.596. The lowest BCUT2D eigenvalue weighted by Gasteiger charge is -1.93. The van der Waals surface area contributed by atoms with Gasteiger partial charge in [0.2, 0.25) is 0 Å². The van der Waals surface area contributed by atoms with E-state index in [9.17, 15) is 9.18 Å². The summed E-state index contributed by atoms with van der Waals surface area (Å²) >= 11 is 1.21. The summed E-state index contributed by atoms with van der Waals surface area (Å²) in [5.74, 6) is 5.77. The van der Waals surface area contributed by atoms with Gasteiger partial charge < -0.3 is 0 Å². The van der Waals surface area contributed by atoms with E-state index in [-0.39, 0.29) is 10.7 Å². The number of hydrogen-bond acceptors (Lipinski definition) is 3. The summed E-state index contributed by atoms with van der Waals surface area (Å²) in [6, 6.07) is 5.85. The van der Waals surface area contributed by atoms with Crippen LogP contribution in [0.4, 0.5) is 4.39 Å². The van der Waals surface area contributed by atoms with Gasteiger partial charge in [-0.25, -0.2) is 4.39 Å². The van der Waals surface area contributed by atoms with Gasteiger partial charge in [-0.05, 0) is 18.2 Å². The molecule has 0 unspecified atom stereocenters. The first-order valence-electron chi connectivity index (χ1n) is 4.95. The molecule has 0 radical (unpaired) electrons. The van der Waals surface area contributed by atoms with Crippen LogP contribution in [0.15, 0.2) is 18.2 Å². The number of benzene rings is 1.